The van der Waals surface area contributed by atoms with Gasteiger partial charge in [0.2, 0.25) is 0 Å². The van der Waals surface area contributed by atoms with Crippen molar-refractivity contribution in [3.05, 3.63) is 45.3 Å². The van der Waals surface area contributed by atoms with Gasteiger partial charge >= 0.3 is 0 Å². The summed E-state index contributed by atoms with van der Waals surface area (Å²) in [4.78, 5) is 0. The summed E-state index contributed by atoms with van der Waals surface area (Å²) in [6.07, 6.45) is 2.01. The van der Waals surface area contributed by atoms with Crippen molar-refractivity contribution in [3.63, 3.8) is 0 Å². The molecule has 0 aliphatic rings. The summed E-state index contributed by atoms with van der Waals surface area (Å²) >= 11 is 2.36. The number of benzene rings is 1. The second kappa shape index (κ2) is 5.84. The molecule has 18 heavy (non-hydrogen) atoms. The molecule has 0 radical (unpaired) electrons. The molecule has 1 aromatic carbocycles. The molecule has 96 valence electrons. The first-order valence-corrected chi connectivity index (χ1v) is 7.18. The average molecular weight is 355 g/mol. The minimum atomic E-state index is 0.482. The Labute approximate surface area is 122 Å². The van der Waals surface area contributed by atoms with Crippen LogP contribution < -0.4 is 5.32 Å². The summed E-state index contributed by atoms with van der Waals surface area (Å²) < 4.78 is 3.20. The fraction of sp³-hybridized carbons (Fsp3) is 0.357. The largest absolute Gasteiger partial charge is 0.309 e. The number of nitrogens with zero attached hydrogens (tertiary/aromatic N) is 2. The molecule has 0 fully saturated rings. The lowest BCUT2D eigenvalue weighted by molar-refractivity contribution is 0.578. The average Bonchev–Trinajstić information content (AvgIpc) is 2.79. The number of aromatic nitrogens is 2. The Morgan fingerprint density at radius 2 is 2.11 bits per heavy atom. The van der Waals surface area contributed by atoms with Crippen molar-refractivity contribution in [2.24, 2.45) is 0 Å². The predicted molar refractivity (Wildman–Crippen MR) is 83.0 cm³/mol. The van der Waals surface area contributed by atoms with Crippen molar-refractivity contribution in [1.82, 2.24) is 15.1 Å². The minimum Gasteiger partial charge on any atom is -0.309 e. The maximum absolute atomic E-state index is 4.57. The molecule has 2 rings (SSSR count). The SMILES string of the molecule is Cc1ccc(-n2ccc(CNC(C)C)n2)cc1I. The van der Waals surface area contributed by atoms with Gasteiger partial charge in [0.15, 0.2) is 0 Å². The molecule has 1 N–H and O–H groups in total. The van der Waals surface area contributed by atoms with E-state index in [2.05, 4.69) is 78.0 Å². The van der Waals surface area contributed by atoms with E-state index in [0.717, 1.165) is 17.9 Å². The van der Waals surface area contributed by atoms with Crippen molar-refractivity contribution in [2.45, 2.75) is 33.4 Å². The molecule has 0 unspecified atom stereocenters. The van der Waals surface area contributed by atoms with Crippen LogP contribution in [0.5, 0.6) is 0 Å². The molecule has 0 aliphatic carbocycles. The van der Waals surface area contributed by atoms with E-state index >= 15 is 0 Å². The monoisotopic (exact) mass is 355 g/mol. The zero-order valence-corrected chi connectivity index (χ0v) is 13.1. The van der Waals surface area contributed by atoms with Gasteiger partial charge in [-0.2, -0.15) is 5.10 Å². The molecule has 1 aromatic heterocycles. The molecular weight excluding hydrogens is 337 g/mol. The van der Waals surface area contributed by atoms with Gasteiger partial charge < -0.3 is 5.32 Å². The Morgan fingerprint density at radius 1 is 1.33 bits per heavy atom. The Morgan fingerprint density at radius 3 is 2.78 bits per heavy atom. The zero-order valence-electron chi connectivity index (χ0n) is 10.9. The number of halogens is 1. The number of aryl methyl sites for hydroxylation is 1. The molecule has 1 heterocycles. The highest BCUT2D eigenvalue weighted by molar-refractivity contribution is 14.1. The van der Waals surface area contributed by atoms with Crippen molar-refractivity contribution in [3.8, 4) is 5.69 Å². The van der Waals surface area contributed by atoms with Gasteiger partial charge in [-0.25, -0.2) is 4.68 Å². The normalized spacial score (nSPS) is 11.2. The maximum atomic E-state index is 4.57. The van der Waals surface area contributed by atoms with Crippen LogP contribution in [-0.2, 0) is 6.54 Å². The number of nitrogens with one attached hydrogen (secondary N) is 1. The van der Waals surface area contributed by atoms with Crippen LogP contribution in [0.25, 0.3) is 5.69 Å². The van der Waals surface area contributed by atoms with E-state index in [9.17, 15) is 0 Å². The summed E-state index contributed by atoms with van der Waals surface area (Å²) in [5.41, 5.74) is 3.48. The van der Waals surface area contributed by atoms with E-state index in [1.165, 1.54) is 9.13 Å². The lowest BCUT2D eigenvalue weighted by atomic mass is 10.2. The fourth-order valence-electron chi connectivity index (χ4n) is 1.63. The Kier molecular flexibility index (Phi) is 4.40. The molecule has 0 aliphatic heterocycles. The maximum Gasteiger partial charge on any atom is 0.0766 e. The summed E-state index contributed by atoms with van der Waals surface area (Å²) in [6, 6.07) is 8.93. The predicted octanol–water partition coefficient (Wildman–Crippen LogP) is 3.28. The molecule has 0 bridgehead atoms. The van der Waals surface area contributed by atoms with E-state index in [4.69, 9.17) is 0 Å². The van der Waals surface area contributed by atoms with Crippen molar-refractivity contribution in [2.75, 3.05) is 0 Å². The summed E-state index contributed by atoms with van der Waals surface area (Å²) in [5.74, 6) is 0. The third-order valence-corrected chi connectivity index (χ3v) is 3.92. The van der Waals surface area contributed by atoms with Crippen LogP contribution in [0.4, 0.5) is 0 Å². The molecule has 2 aromatic rings. The van der Waals surface area contributed by atoms with E-state index in [1.807, 2.05) is 10.9 Å². The Bertz CT molecular complexity index is 532. The van der Waals surface area contributed by atoms with Crippen LogP contribution in [0.15, 0.2) is 30.5 Å². The van der Waals surface area contributed by atoms with Gasteiger partial charge in [0.1, 0.15) is 0 Å². The standard InChI is InChI=1S/C14H18IN3/c1-10(2)16-9-12-6-7-18(17-12)13-5-4-11(3)14(15)8-13/h4-8,10,16H,9H2,1-3H3. The highest BCUT2D eigenvalue weighted by Gasteiger charge is 2.03. The minimum absolute atomic E-state index is 0.482. The van der Waals surface area contributed by atoms with Crippen LogP contribution in [0.2, 0.25) is 0 Å². The lowest BCUT2D eigenvalue weighted by Gasteiger charge is -2.06. The third-order valence-electron chi connectivity index (χ3n) is 2.76. The fourth-order valence-corrected chi connectivity index (χ4v) is 2.13. The molecule has 3 nitrogen and oxygen atoms in total. The first-order valence-electron chi connectivity index (χ1n) is 6.10. The molecular formula is C14H18IN3. The van der Waals surface area contributed by atoms with E-state index in [-0.39, 0.29) is 0 Å². The lowest BCUT2D eigenvalue weighted by Crippen LogP contribution is -2.22. The molecule has 0 amide bonds. The van der Waals surface area contributed by atoms with E-state index < -0.39 is 0 Å². The van der Waals surface area contributed by atoms with Crippen LogP contribution >= 0.6 is 22.6 Å². The van der Waals surface area contributed by atoms with E-state index in [1.54, 1.807) is 0 Å². The van der Waals surface area contributed by atoms with Crippen LogP contribution in [0.1, 0.15) is 25.1 Å². The second-order valence-electron chi connectivity index (χ2n) is 4.72. The molecule has 0 saturated carbocycles. The summed E-state index contributed by atoms with van der Waals surface area (Å²) in [5, 5.41) is 7.94. The highest BCUT2D eigenvalue weighted by Crippen LogP contribution is 2.16. The van der Waals surface area contributed by atoms with Crippen LogP contribution in [-0.4, -0.2) is 15.8 Å². The summed E-state index contributed by atoms with van der Waals surface area (Å²) in [7, 11) is 0. The third kappa shape index (κ3) is 3.32. The Hall–Kier alpha value is -0.880. The highest BCUT2D eigenvalue weighted by atomic mass is 127. The van der Waals surface area contributed by atoms with E-state index in [0.29, 0.717) is 6.04 Å². The first kappa shape index (κ1) is 13.5. The van der Waals surface area contributed by atoms with Crippen molar-refractivity contribution in [1.29, 1.82) is 0 Å². The van der Waals surface area contributed by atoms with Gasteiger partial charge in [0, 0.05) is 22.4 Å². The number of rotatable bonds is 4. The second-order valence-corrected chi connectivity index (χ2v) is 5.88. The topological polar surface area (TPSA) is 29.9 Å². The van der Waals surface area contributed by atoms with Crippen LogP contribution in [0, 0.1) is 10.5 Å². The number of hydrogen-bond acceptors (Lipinski definition) is 2. The summed E-state index contributed by atoms with van der Waals surface area (Å²) in [6.45, 7) is 7.21. The zero-order chi connectivity index (χ0) is 13.1. The molecule has 0 atom stereocenters. The molecule has 0 saturated heterocycles. The van der Waals surface area contributed by atoms with Crippen molar-refractivity contribution >= 4 is 22.6 Å². The van der Waals surface area contributed by atoms with Gasteiger partial charge in [-0.3, -0.25) is 0 Å². The van der Waals surface area contributed by atoms with Gasteiger partial charge in [0.05, 0.1) is 11.4 Å². The van der Waals surface area contributed by atoms with Gasteiger partial charge in [-0.15, -0.1) is 0 Å². The van der Waals surface area contributed by atoms with Crippen LogP contribution in [0.3, 0.4) is 0 Å². The number of hydrogen-bond donors (Lipinski definition) is 1. The quantitative estimate of drug-likeness (QED) is 0.853. The molecule has 4 heteroatoms. The molecule has 0 spiro atoms. The smallest absolute Gasteiger partial charge is 0.0766 e. The first-order chi connectivity index (χ1) is 8.56. The Balaban J connectivity index is 2.16. The van der Waals surface area contributed by atoms with Crippen molar-refractivity contribution < 1.29 is 0 Å². The van der Waals surface area contributed by atoms with Gasteiger partial charge in [-0.05, 0) is 53.3 Å². The van der Waals surface area contributed by atoms with Gasteiger partial charge in [0.25, 0.3) is 0 Å². The van der Waals surface area contributed by atoms with Gasteiger partial charge in [-0.1, -0.05) is 19.9 Å².